The topological polar surface area (TPSA) is 57.3 Å². The van der Waals surface area contributed by atoms with Gasteiger partial charge in [0.15, 0.2) is 0 Å². The fourth-order valence-corrected chi connectivity index (χ4v) is 3.82. The fourth-order valence-electron chi connectivity index (χ4n) is 3.82. The van der Waals surface area contributed by atoms with E-state index in [4.69, 9.17) is 4.98 Å². The van der Waals surface area contributed by atoms with E-state index in [0.29, 0.717) is 35.7 Å². The fraction of sp³-hybridized carbons (Fsp3) is 0.304. The van der Waals surface area contributed by atoms with Crippen molar-refractivity contribution >= 4 is 28.4 Å². The maximum absolute atomic E-state index is 14.7. The highest BCUT2D eigenvalue weighted by Crippen LogP contribution is 2.39. The van der Waals surface area contributed by atoms with E-state index in [1.807, 2.05) is 36.9 Å². The largest absolute Gasteiger partial charge is 0.352 e. The Hall–Kier alpha value is -3.22. The Labute approximate surface area is 174 Å². The number of amides is 2. The molecule has 30 heavy (non-hydrogen) atoms. The van der Waals surface area contributed by atoms with Crippen LogP contribution in [0.5, 0.6) is 0 Å². The number of hydrogen-bond donors (Lipinski definition) is 2. The molecule has 0 saturated carbocycles. The SMILES string of the molecule is CCNC(=O)Nc1cc(N2CCC(F)(F)c3ccccc3C2)nc2ccc(C)cc12. The van der Waals surface area contributed by atoms with E-state index in [1.54, 1.807) is 24.3 Å². The molecule has 3 aromatic rings. The summed E-state index contributed by atoms with van der Waals surface area (Å²) in [7, 11) is 0. The summed E-state index contributed by atoms with van der Waals surface area (Å²) in [4.78, 5) is 18.8. The van der Waals surface area contributed by atoms with Crippen molar-refractivity contribution in [3.05, 3.63) is 65.2 Å². The Morgan fingerprint density at radius 1 is 1.20 bits per heavy atom. The summed E-state index contributed by atoms with van der Waals surface area (Å²) in [5.74, 6) is -2.33. The van der Waals surface area contributed by atoms with Crippen LogP contribution < -0.4 is 15.5 Å². The van der Waals surface area contributed by atoms with E-state index < -0.39 is 5.92 Å². The minimum atomic E-state index is -2.89. The lowest BCUT2D eigenvalue weighted by Gasteiger charge is -2.23. The van der Waals surface area contributed by atoms with Gasteiger partial charge in [-0.15, -0.1) is 0 Å². The van der Waals surface area contributed by atoms with Crippen LogP contribution in [0.15, 0.2) is 48.5 Å². The van der Waals surface area contributed by atoms with E-state index in [9.17, 15) is 13.6 Å². The van der Waals surface area contributed by atoms with Gasteiger partial charge in [0.2, 0.25) is 0 Å². The number of hydrogen-bond acceptors (Lipinski definition) is 3. The maximum Gasteiger partial charge on any atom is 0.319 e. The van der Waals surface area contributed by atoms with Gasteiger partial charge in [-0.05, 0) is 31.5 Å². The van der Waals surface area contributed by atoms with E-state index in [-0.39, 0.29) is 24.6 Å². The zero-order valence-corrected chi connectivity index (χ0v) is 17.0. The molecule has 0 radical (unpaired) electrons. The first-order chi connectivity index (χ1) is 14.4. The van der Waals surface area contributed by atoms with Crippen molar-refractivity contribution in [1.82, 2.24) is 10.3 Å². The molecule has 2 N–H and O–H groups in total. The average Bonchev–Trinajstić information content (AvgIpc) is 2.85. The number of rotatable bonds is 3. The number of benzene rings is 2. The summed E-state index contributed by atoms with van der Waals surface area (Å²) in [6, 6.07) is 13.9. The third kappa shape index (κ3) is 3.92. The van der Waals surface area contributed by atoms with Gasteiger partial charge in [-0.3, -0.25) is 0 Å². The van der Waals surface area contributed by atoms with Crippen LogP contribution in [-0.2, 0) is 12.5 Å². The van der Waals surface area contributed by atoms with Crippen molar-refractivity contribution in [3.8, 4) is 0 Å². The van der Waals surface area contributed by atoms with Crippen LogP contribution in [0.1, 0.15) is 30.0 Å². The van der Waals surface area contributed by atoms with Crippen LogP contribution in [-0.4, -0.2) is 24.1 Å². The number of carbonyl (C=O) groups excluding carboxylic acids is 1. The van der Waals surface area contributed by atoms with Gasteiger partial charge in [-0.1, -0.05) is 35.9 Å². The van der Waals surface area contributed by atoms with Crippen LogP contribution in [0.4, 0.5) is 25.1 Å². The van der Waals surface area contributed by atoms with Gasteiger partial charge in [0, 0.05) is 43.1 Å². The number of urea groups is 1. The molecule has 0 saturated heterocycles. The number of aryl methyl sites for hydroxylation is 1. The summed E-state index contributed by atoms with van der Waals surface area (Å²) < 4.78 is 29.3. The van der Waals surface area contributed by atoms with Gasteiger partial charge >= 0.3 is 6.03 Å². The van der Waals surface area contributed by atoms with Crippen LogP contribution in [0, 0.1) is 6.92 Å². The van der Waals surface area contributed by atoms with Gasteiger partial charge < -0.3 is 15.5 Å². The molecule has 156 valence electrons. The van der Waals surface area contributed by atoms with E-state index in [1.165, 1.54) is 6.07 Å². The number of nitrogens with one attached hydrogen (secondary N) is 2. The number of pyridine rings is 1. The van der Waals surface area contributed by atoms with E-state index in [0.717, 1.165) is 10.9 Å². The number of anilines is 2. The summed E-state index contributed by atoms with van der Waals surface area (Å²) in [6.07, 6.45) is -0.295. The van der Waals surface area contributed by atoms with E-state index >= 15 is 0 Å². The summed E-state index contributed by atoms with van der Waals surface area (Å²) in [5.41, 5.74) is 3.01. The predicted molar refractivity (Wildman–Crippen MR) is 115 cm³/mol. The van der Waals surface area contributed by atoms with Crippen molar-refractivity contribution in [3.63, 3.8) is 0 Å². The van der Waals surface area contributed by atoms with Crippen molar-refractivity contribution < 1.29 is 13.6 Å². The molecule has 7 heteroatoms. The molecular formula is C23H24F2N4O. The van der Waals surface area contributed by atoms with Gasteiger partial charge in [0.1, 0.15) is 5.82 Å². The molecule has 0 atom stereocenters. The molecule has 1 aliphatic rings. The second-order valence-corrected chi connectivity index (χ2v) is 7.57. The molecule has 4 rings (SSSR count). The van der Waals surface area contributed by atoms with Crippen molar-refractivity contribution in [2.45, 2.75) is 32.7 Å². The minimum absolute atomic E-state index is 0.0737. The number of carbonyl (C=O) groups is 1. The van der Waals surface area contributed by atoms with Crippen LogP contribution in [0.25, 0.3) is 10.9 Å². The minimum Gasteiger partial charge on any atom is -0.352 e. The third-order valence-electron chi connectivity index (χ3n) is 5.33. The first kappa shape index (κ1) is 20.1. The molecule has 1 aromatic heterocycles. The van der Waals surface area contributed by atoms with Gasteiger partial charge in [-0.25, -0.2) is 18.6 Å². The van der Waals surface area contributed by atoms with Crippen LogP contribution in [0.3, 0.4) is 0 Å². The first-order valence-corrected chi connectivity index (χ1v) is 10.0. The molecule has 0 bridgehead atoms. The molecule has 1 aliphatic heterocycles. The maximum atomic E-state index is 14.7. The van der Waals surface area contributed by atoms with Crippen molar-refractivity contribution in [1.29, 1.82) is 0 Å². The number of fused-ring (bicyclic) bond motifs is 2. The normalized spacial score (nSPS) is 15.4. The highest BCUT2D eigenvalue weighted by molar-refractivity contribution is 6.01. The quantitative estimate of drug-likeness (QED) is 0.625. The standard InChI is InChI=1S/C23H24F2N4O/c1-3-26-22(30)28-20-13-21(27-19-9-8-15(2)12-17(19)20)29-11-10-23(24,25)18-7-5-4-6-16(18)14-29/h4-9,12-13H,3,10-11,14H2,1-2H3,(H2,26,27,28,30). The Morgan fingerprint density at radius 2 is 2.00 bits per heavy atom. The highest BCUT2D eigenvalue weighted by atomic mass is 19.3. The van der Waals surface area contributed by atoms with E-state index in [2.05, 4.69) is 10.6 Å². The zero-order valence-electron chi connectivity index (χ0n) is 17.0. The number of halogens is 2. The van der Waals surface area contributed by atoms with Crippen molar-refractivity contribution in [2.24, 2.45) is 0 Å². The molecular weight excluding hydrogens is 386 g/mol. The molecule has 5 nitrogen and oxygen atoms in total. The summed E-state index contributed by atoms with van der Waals surface area (Å²) in [6.45, 7) is 4.80. The number of nitrogens with zero attached hydrogens (tertiary/aromatic N) is 2. The van der Waals surface area contributed by atoms with Crippen LogP contribution >= 0.6 is 0 Å². The van der Waals surface area contributed by atoms with Crippen LogP contribution in [0.2, 0.25) is 0 Å². The molecule has 2 aromatic carbocycles. The number of aromatic nitrogens is 1. The lowest BCUT2D eigenvalue weighted by Crippen LogP contribution is -2.29. The van der Waals surface area contributed by atoms with Crippen molar-refractivity contribution in [2.75, 3.05) is 23.3 Å². The van der Waals surface area contributed by atoms with Gasteiger partial charge in [0.05, 0.1) is 11.2 Å². The second-order valence-electron chi connectivity index (χ2n) is 7.57. The predicted octanol–water partition coefficient (Wildman–Crippen LogP) is 5.19. The Balaban J connectivity index is 1.77. The molecule has 0 unspecified atom stereocenters. The molecule has 0 fully saturated rings. The Bertz CT molecular complexity index is 1100. The highest BCUT2D eigenvalue weighted by Gasteiger charge is 2.37. The molecule has 0 spiro atoms. The van der Waals surface area contributed by atoms with Gasteiger partial charge in [-0.2, -0.15) is 0 Å². The smallest absolute Gasteiger partial charge is 0.319 e. The third-order valence-corrected chi connectivity index (χ3v) is 5.33. The summed E-state index contributed by atoms with van der Waals surface area (Å²) in [5, 5.41) is 6.41. The van der Waals surface area contributed by atoms with Gasteiger partial charge in [0.25, 0.3) is 5.92 Å². The number of alkyl halides is 2. The zero-order chi connectivity index (χ0) is 21.3. The molecule has 2 amide bonds. The lowest BCUT2D eigenvalue weighted by atomic mass is 10.0. The average molecular weight is 410 g/mol. The Morgan fingerprint density at radius 3 is 2.80 bits per heavy atom. The second kappa shape index (κ2) is 7.89. The molecule has 0 aliphatic carbocycles. The Kier molecular flexibility index (Phi) is 5.28. The monoisotopic (exact) mass is 410 g/mol. The summed E-state index contributed by atoms with van der Waals surface area (Å²) >= 11 is 0. The lowest BCUT2D eigenvalue weighted by molar-refractivity contribution is -0.00967. The molecule has 2 heterocycles. The first-order valence-electron chi connectivity index (χ1n) is 10.0.